The third-order valence-electron chi connectivity index (χ3n) is 6.62. The molecule has 2 fully saturated rings. The smallest absolute Gasteiger partial charge is 0.151 e. The Hall–Kier alpha value is -3.00. The van der Waals surface area contributed by atoms with Gasteiger partial charge in [0.15, 0.2) is 5.82 Å². The molecule has 0 spiro atoms. The zero-order valence-electron chi connectivity index (χ0n) is 17.7. The number of aromatic hydroxyl groups is 1. The van der Waals surface area contributed by atoms with E-state index in [1.165, 1.54) is 0 Å². The van der Waals surface area contributed by atoms with E-state index in [-0.39, 0.29) is 17.8 Å². The average Bonchev–Trinajstić information content (AvgIpc) is 3.22. The van der Waals surface area contributed by atoms with Gasteiger partial charge in [0.25, 0.3) is 0 Å². The second kappa shape index (κ2) is 7.92. The first kappa shape index (κ1) is 19.9. The van der Waals surface area contributed by atoms with Crippen LogP contribution in [0.3, 0.4) is 0 Å². The Kier molecular flexibility index (Phi) is 5.09. The van der Waals surface area contributed by atoms with E-state index in [2.05, 4.69) is 20.6 Å². The number of aromatic nitrogens is 4. The third kappa shape index (κ3) is 3.76. The van der Waals surface area contributed by atoms with Gasteiger partial charge in [0.05, 0.1) is 17.9 Å². The maximum absolute atomic E-state index is 15.0. The van der Waals surface area contributed by atoms with E-state index in [4.69, 9.17) is 0 Å². The highest BCUT2D eigenvalue weighted by atomic mass is 19.1. The number of halogens is 1. The molecule has 2 aliphatic heterocycles. The fraction of sp³-hybridized carbons (Fsp3) is 0.435. The second-order valence-electron chi connectivity index (χ2n) is 8.67. The quantitative estimate of drug-likeness (QED) is 0.672. The third-order valence-corrected chi connectivity index (χ3v) is 6.62. The van der Waals surface area contributed by atoms with E-state index in [0.29, 0.717) is 23.1 Å². The lowest BCUT2D eigenvalue weighted by Gasteiger charge is -2.46. The largest absolute Gasteiger partial charge is 0.507 e. The fourth-order valence-electron chi connectivity index (χ4n) is 4.88. The molecule has 162 valence electrons. The van der Waals surface area contributed by atoms with Crippen LogP contribution in [0.2, 0.25) is 0 Å². The lowest BCUT2D eigenvalue weighted by Crippen LogP contribution is -2.61. The van der Waals surface area contributed by atoms with Gasteiger partial charge < -0.3 is 15.3 Å². The molecule has 1 aromatic carbocycles. The number of rotatable bonds is 4. The predicted octanol–water partition coefficient (Wildman–Crippen LogP) is 3.31. The summed E-state index contributed by atoms with van der Waals surface area (Å²) in [4.78, 5) is 1.92. The molecule has 0 aliphatic carbocycles. The lowest BCUT2D eigenvalue weighted by atomic mass is 9.82. The summed E-state index contributed by atoms with van der Waals surface area (Å²) < 4.78 is 16.8. The Bertz CT molecular complexity index is 1070. The Labute approximate surface area is 180 Å². The fourth-order valence-corrected chi connectivity index (χ4v) is 4.88. The van der Waals surface area contributed by atoms with Crippen LogP contribution in [-0.2, 0) is 7.05 Å². The number of nitrogens with one attached hydrogen (secondary N) is 1. The molecule has 2 saturated heterocycles. The van der Waals surface area contributed by atoms with Gasteiger partial charge in [0.2, 0.25) is 0 Å². The molecule has 4 heterocycles. The summed E-state index contributed by atoms with van der Waals surface area (Å²) in [6.45, 7) is 0. The number of hydrogen-bond acceptors (Lipinski definition) is 6. The van der Waals surface area contributed by atoms with Gasteiger partial charge in [-0.3, -0.25) is 4.68 Å². The summed E-state index contributed by atoms with van der Waals surface area (Å²) in [6.07, 6.45) is 6.59. The summed E-state index contributed by atoms with van der Waals surface area (Å²) in [6, 6.07) is 9.24. The molecule has 2 N–H and O–H groups in total. The van der Waals surface area contributed by atoms with E-state index < -0.39 is 6.17 Å². The first-order valence-electron chi connectivity index (χ1n) is 10.8. The Morgan fingerprint density at radius 1 is 1.16 bits per heavy atom. The minimum absolute atomic E-state index is 0.0672. The summed E-state index contributed by atoms with van der Waals surface area (Å²) in [5, 5.41) is 26.8. The molecule has 2 aliphatic rings. The van der Waals surface area contributed by atoms with Crippen molar-refractivity contribution in [2.75, 3.05) is 11.9 Å². The summed E-state index contributed by atoms with van der Waals surface area (Å²) >= 11 is 0. The molecule has 7 nitrogen and oxygen atoms in total. The van der Waals surface area contributed by atoms with E-state index in [1.807, 2.05) is 49.5 Å². The number of hydrogen-bond donors (Lipinski definition) is 2. The maximum atomic E-state index is 15.0. The SMILES string of the molecule is CN(c1ccc(-c2ccc(-c3cnn(C)c3)cc2O)nn1)[C@@H]1C[C@@H]2CCC[C@H](N2)[C@@H]1F. The normalized spacial score (nSPS) is 25.4. The number of benzene rings is 1. The predicted molar refractivity (Wildman–Crippen MR) is 118 cm³/mol. The van der Waals surface area contributed by atoms with Gasteiger partial charge in [-0.05, 0) is 49.1 Å². The molecule has 0 unspecified atom stereocenters. The van der Waals surface area contributed by atoms with Crippen molar-refractivity contribution in [3.05, 3.63) is 42.7 Å². The van der Waals surface area contributed by atoms with E-state index in [1.54, 1.807) is 16.9 Å². The summed E-state index contributed by atoms with van der Waals surface area (Å²) in [5.41, 5.74) is 2.99. The maximum Gasteiger partial charge on any atom is 0.151 e. The standard InChI is InChI=1S/C23H27FN6O/c1-29-13-15(12-25-29)14-6-7-17(21(31)10-14)18-8-9-22(28-27-18)30(2)20-11-16-4-3-5-19(26-16)23(20)24/h6-10,12-13,16,19-20,23,26,31H,3-5,11H2,1-2H3/t16-,19-,20+,23-/m0/s1. The zero-order valence-corrected chi connectivity index (χ0v) is 17.7. The minimum atomic E-state index is -0.924. The van der Waals surface area contributed by atoms with Crippen LogP contribution in [0.1, 0.15) is 25.7 Å². The van der Waals surface area contributed by atoms with Gasteiger partial charge >= 0.3 is 0 Å². The molecule has 3 aromatic rings. The highest BCUT2D eigenvalue weighted by Gasteiger charge is 2.41. The van der Waals surface area contributed by atoms with Gasteiger partial charge in [-0.15, -0.1) is 10.2 Å². The van der Waals surface area contributed by atoms with Crippen LogP contribution in [0, 0.1) is 0 Å². The van der Waals surface area contributed by atoms with Crippen molar-refractivity contribution in [1.29, 1.82) is 0 Å². The van der Waals surface area contributed by atoms with Gasteiger partial charge in [-0.1, -0.05) is 12.5 Å². The average molecular weight is 423 g/mol. The lowest BCUT2D eigenvalue weighted by molar-refractivity contribution is 0.107. The molecule has 2 bridgehead atoms. The Balaban J connectivity index is 1.35. The number of anilines is 1. The van der Waals surface area contributed by atoms with Crippen molar-refractivity contribution in [1.82, 2.24) is 25.3 Å². The van der Waals surface area contributed by atoms with Crippen LogP contribution in [0.4, 0.5) is 10.2 Å². The second-order valence-corrected chi connectivity index (χ2v) is 8.67. The molecule has 0 radical (unpaired) electrons. The molecule has 31 heavy (non-hydrogen) atoms. The van der Waals surface area contributed by atoms with Crippen molar-refractivity contribution in [3.63, 3.8) is 0 Å². The monoisotopic (exact) mass is 422 g/mol. The molecule has 4 atom stereocenters. The molecule has 0 amide bonds. The topological polar surface area (TPSA) is 79.1 Å². The number of nitrogens with zero attached hydrogens (tertiary/aromatic N) is 5. The van der Waals surface area contributed by atoms with Crippen molar-refractivity contribution >= 4 is 5.82 Å². The van der Waals surface area contributed by atoms with Crippen LogP contribution >= 0.6 is 0 Å². The number of piperidine rings is 2. The highest BCUT2D eigenvalue weighted by molar-refractivity contribution is 5.73. The molecular formula is C23H27FN6O. The van der Waals surface area contributed by atoms with Crippen molar-refractivity contribution in [3.8, 4) is 28.1 Å². The van der Waals surface area contributed by atoms with Crippen LogP contribution in [0.5, 0.6) is 5.75 Å². The molecular weight excluding hydrogens is 395 g/mol. The van der Waals surface area contributed by atoms with E-state index >= 15 is 4.39 Å². The Morgan fingerprint density at radius 2 is 2.03 bits per heavy atom. The number of phenols is 1. The summed E-state index contributed by atoms with van der Waals surface area (Å²) in [5.74, 6) is 0.773. The number of aryl methyl sites for hydroxylation is 1. The van der Waals surface area contributed by atoms with Gasteiger partial charge in [0, 0.05) is 43.5 Å². The number of phenolic OH excluding ortho intramolecular Hbond substituents is 1. The van der Waals surface area contributed by atoms with Gasteiger partial charge in [0.1, 0.15) is 11.9 Å². The number of alkyl halides is 1. The Morgan fingerprint density at radius 3 is 2.74 bits per heavy atom. The van der Waals surface area contributed by atoms with Gasteiger partial charge in [-0.25, -0.2) is 4.39 Å². The first-order valence-corrected chi connectivity index (χ1v) is 10.8. The van der Waals surface area contributed by atoms with Crippen LogP contribution in [0.25, 0.3) is 22.4 Å². The minimum Gasteiger partial charge on any atom is -0.507 e. The van der Waals surface area contributed by atoms with E-state index in [0.717, 1.165) is 36.8 Å². The van der Waals surface area contributed by atoms with Crippen molar-refractivity contribution in [2.45, 2.75) is 50.0 Å². The summed E-state index contributed by atoms with van der Waals surface area (Å²) in [7, 11) is 3.75. The van der Waals surface area contributed by atoms with Crippen LogP contribution < -0.4 is 10.2 Å². The molecule has 5 rings (SSSR count). The van der Waals surface area contributed by atoms with Gasteiger partial charge in [-0.2, -0.15) is 5.10 Å². The molecule has 2 aromatic heterocycles. The van der Waals surface area contributed by atoms with Crippen molar-refractivity contribution in [2.24, 2.45) is 7.05 Å². The molecule has 0 saturated carbocycles. The van der Waals surface area contributed by atoms with E-state index in [9.17, 15) is 5.11 Å². The van der Waals surface area contributed by atoms with Crippen molar-refractivity contribution < 1.29 is 9.50 Å². The first-order chi connectivity index (χ1) is 15.0. The highest BCUT2D eigenvalue weighted by Crippen LogP contribution is 2.34. The number of fused-ring (bicyclic) bond motifs is 2. The molecule has 8 heteroatoms. The zero-order chi connectivity index (χ0) is 21.5. The van der Waals surface area contributed by atoms with Crippen LogP contribution in [-0.4, -0.2) is 56.4 Å². The van der Waals surface area contributed by atoms with Crippen LogP contribution in [0.15, 0.2) is 42.7 Å².